The van der Waals surface area contributed by atoms with Gasteiger partial charge in [-0.25, -0.2) is 0 Å². The number of amides is 1. The van der Waals surface area contributed by atoms with Gasteiger partial charge in [0.25, 0.3) is 5.91 Å². The van der Waals surface area contributed by atoms with E-state index in [-0.39, 0.29) is 23.0 Å². The van der Waals surface area contributed by atoms with Gasteiger partial charge in [0.15, 0.2) is 0 Å². The molecule has 0 bridgehead atoms. The first-order valence-electron chi connectivity index (χ1n) is 8.48. The average molecular weight is 339 g/mol. The first-order chi connectivity index (χ1) is 12.1. The Hall–Kier alpha value is -2.73. The fraction of sp³-hybridized carbons (Fsp3) is 0.316. The number of allylic oxidation sites excluding steroid dienone is 2. The van der Waals surface area contributed by atoms with E-state index in [0.717, 1.165) is 19.6 Å². The number of nitrogens with zero attached hydrogens (tertiary/aromatic N) is 1. The van der Waals surface area contributed by atoms with Crippen LogP contribution in [0.5, 0.6) is 0 Å². The summed E-state index contributed by atoms with van der Waals surface area (Å²) in [5.74, 6) is -1.09. The summed E-state index contributed by atoms with van der Waals surface area (Å²) in [4.78, 5) is 38.8. The third-order valence-electron chi connectivity index (χ3n) is 4.31. The Morgan fingerprint density at radius 3 is 2.32 bits per heavy atom. The Morgan fingerprint density at radius 2 is 1.60 bits per heavy atom. The summed E-state index contributed by atoms with van der Waals surface area (Å²) in [5.41, 5.74) is 0.716. The van der Waals surface area contributed by atoms with E-state index in [0.29, 0.717) is 12.1 Å². The smallest absolute Gasteiger partial charge is 0.255 e. The van der Waals surface area contributed by atoms with Gasteiger partial charge >= 0.3 is 0 Å². The summed E-state index contributed by atoms with van der Waals surface area (Å²) in [6, 6.07) is 8.56. The molecule has 3 rings (SSSR count). The number of benzene rings is 1. The number of nitrogens with one attached hydrogen (secondary N) is 2. The van der Waals surface area contributed by atoms with Crippen molar-refractivity contribution in [1.29, 1.82) is 0 Å². The van der Waals surface area contributed by atoms with Gasteiger partial charge in [-0.1, -0.05) is 18.2 Å². The SMILES string of the molecule is O=C1C=C(NC(=O)c2ccccc2)C(=O)C=C1NCCN1CCCC1. The number of hydrogen-bond acceptors (Lipinski definition) is 5. The lowest BCUT2D eigenvalue weighted by molar-refractivity contribution is -0.115. The molecule has 130 valence electrons. The summed E-state index contributed by atoms with van der Waals surface area (Å²) in [5, 5.41) is 5.53. The van der Waals surface area contributed by atoms with Crippen molar-refractivity contribution >= 4 is 17.5 Å². The van der Waals surface area contributed by atoms with E-state index < -0.39 is 5.91 Å². The van der Waals surface area contributed by atoms with Gasteiger partial charge < -0.3 is 15.5 Å². The number of carbonyl (C=O) groups is 3. The highest BCUT2D eigenvalue weighted by molar-refractivity contribution is 6.21. The predicted molar refractivity (Wildman–Crippen MR) is 93.8 cm³/mol. The molecule has 0 atom stereocenters. The maximum atomic E-state index is 12.2. The van der Waals surface area contributed by atoms with Gasteiger partial charge in [-0.15, -0.1) is 0 Å². The Labute approximate surface area is 146 Å². The molecule has 0 spiro atoms. The molecular weight excluding hydrogens is 318 g/mol. The van der Waals surface area contributed by atoms with Crippen LogP contribution in [0.3, 0.4) is 0 Å². The zero-order valence-corrected chi connectivity index (χ0v) is 14.0. The van der Waals surface area contributed by atoms with E-state index in [1.54, 1.807) is 30.3 Å². The maximum Gasteiger partial charge on any atom is 0.255 e. The van der Waals surface area contributed by atoms with Gasteiger partial charge in [0.05, 0.1) is 11.4 Å². The summed E-state index contributed by atoms with van der Waals surface area (Å²) in [6.45, 7) is 3.64. The third-order valence-corrected chi connectivity index (χ3v) is 4.31. The maximum absolute atomic E-state index is 12.2. The monoisotopic (exact) mass is 339 g/mol. The molecular formula is C19H21N3O3. The number of hydrogen-bond donors (Lipinski definition) is 2. The second-order valence-electron chi connectivity index (χ2n) is 6.14. The number of ketones is 2. The zero-order chi connectivity index (χ0) is 17.6. The Balaban J connectivity index is 1.55. The molecule has 0 unspecified atom stereocenters. The quantitative estimate of drug-likeness (QED) is 0.757. The molecule has 6 heteroatoms. The van der Waals surface area contributed by atoms with Gasteiger partial charge in [0, 0.05) is 30.8 Å². The van der Waals surface area contributed by atoms with Crippen LogP contribution in [0.4, 0.5) is 0 Å². The van der Waals surface area contributed by atoms with Crippen LogP contribution in [0, 0.1) is 0 Å². The van der Waals surface area contributed by atoms with Crippen LogP contribution >= 0.6 is 0 Å². The summed E-state index contributed by atoms with van der Waals surface area (Å²) in [6.07, 6.45) is 4.87. The highest BCUT2D eigenvalue weighted by Gasteiger charge is 2.22. The Morgan fingerprint density at radius 1 is 0.960 bits per heavy atom. The molecule has 2 N–H and O–H groups in total. The summed E-state index contributed by atoms with van der Waals surface area (Å²) >= 11 is 0. The van der Waals surface area contributed by atoms with E-state index in [1.807, 2.05) is 0 Å². The van der Waals surface area contributed by atoms with E-state index in [2.05, 4.69) is 15.5 Å². The molecule has 1 aromatic carbocycles. The predicted octanol–water partition coefficient (Wildman–Crippen LogP) is 1.02. The van der Waals surface area contributed by atoms with Crippen LogP contribution in [-0.2, 0) is 9.59 Å². The van der Waals surface area contributed by atoms with Crippen molar-refractivity contribution in [3.63, 3.8) is 0 Å². The molecule has 1 saturated heterocycles. The minimum Gasteiger partial charge on any atom is -0.380 e. The highest BCUT2D eigenvalue weighted by Crippen LogP contribution is 2.10. The largest absolute Gasteiger partial charge is 0.380 e. The molecule has 25 heavy (non-hydrogen) atoms. The Bertz CT molecular complexity index is 732. The molecule has 1 fully saturated rings. The molecule has 1 aliphatic heterocycles. The first kappa shape index (κ1) is 17.1. The lowest BCUT2D eigenvalue weighted by Gasteiger charge is -2.18. The van der Waals surface area contributed by atoms with E-state index in [9.17, 15) is 14.4 Å². The molecule has 1 aliphatic carbocycles. The number of carbonyl (C=O) groups excluding carboxylic acids is 3. The van der Waals surface area contributed by atoms with Crippen molar-refractivity contribution in [2.75, 3.05) is 26.2 Å². The fourth-order valence-corrected chi connectivity index (χ4v) is 2.93. The van der Waals surface area contributed by atoms with Crippen molar-refractivity contribution < 1.29 is 14.4 Å². The van der Waals surface area contributed by atoms with Crippen LogP contribution in [0.1, 0.15) is 23.2 Å². The normalized spacial score (nSPS) is 17.9. The lowest BCUT2D eigenvalue weighted by atomic mass is 10.1. The fourth-order valence-electron chi connectivity index (χ4n) is 2.93. The van der Waals surface area contributed by atoms with Crippen LogP contribution < -0.4 is 10.6 Å². The van der Waals surface area contributed by atoms with E-state index >= 15 is 0 Å². The minimum absolute atomic E-state index is 0.00365. The van der Waals surface area contributed by atoms with E-state index in [1.165, 1.54) is 25.0 Å². The molecule has 2 aliphatic rings. The highest BCUT2D eigenvalue weighted by atomic mass is 16.2. The molecule has 1 heterocycles. The number of likely N-dealkylation sites (tertiary alicyclic amines) is 1. The Kier molecular flexibility index (Phi) is 5.40. The van der Waals surface area contributed by atoms with Gasteiger partial charge in [0.2, 0.25) is 11.6 Å². The molecule has 0 saturated carbocycles. The first-order valence-corrected chi connectivity index (χ1v) is 8.48. The van der Waals surface area contributed by atoms with Crippen LogP contribution in [0.15, 0.2) is 53.9 Å². The summed E-state index contributed by atoms with van der Waals surface area (Å²) in [7, 11) is 0. The molecule has 1 aromatic rings. The number of rotatable bonds is 6. The van der Waals surface area contributed by atoms with Gasteiger partial charge in [-0.3, -0.25) is 14.4 Å². The molecule has 1 amide bonds. The molecule has 6 nitrogen and oxygen atoms in total. The van der Waals surface area contributed by atoms with Gasteiger partial charge in [0.1, 0.15) is 0 Å². The second-order valence-corrected chi connectivity index (χ2v) is 6.14. The van der Waals surface area contributed by atoms with Crippen molar-refractivity contribution in [2.45, 2.75) is 12.8 Å². The van der Waals surface area contributed by atoms with Crippen LogP contribution in [-0.4, -0.2) is 48.6 Å². The third kappa shape index (κ3) is 4.42. The molecule has 0 aromatic heterocycles. The van der Waals surface area contributed by atoms with Gasteiger partial charge in [-0.05, 0) is 38.1 Å². The van der Waals surface area contributed by atoms with Crippen LogP contribution in [0.25, 0.3) is 0 Å². The average Bonchev–Trinajstić information content (AvgIpc) is 3.13. The van der Waals surface area contributed by atoms with Gasteiger partial charge in [-0.2, -0.15) is 0 Å². The van der Waals surface area contributed by atoms with Crippen molar-refractivity contribution in [1.82, 2.24) is 15.5 Å². The van der Waals surface area contributed by atoms with Crippen molar-refractivity contribution in [2.24, 2.45) is 0 Å². The second kappa shape index (κ2) is 7.90. The van der Waals surface area contributed by atoms with Crippen molar-refractivity contribution in [3.05, 3.63) is 59.4 Å². The van der Waals surface area contributed by atoms with E-state index in [4.69, 9.17) is 0 Å². The molecule has 0 radical (unpaired) electrons. The van der Waals surface area contributed by atoms with Crippen LogP contribution in [0.2, 0.25) is 0 Å². The lowest BCUT2D eigenvalue weighted by Crippen LogP contribution is -2.35. The van der Waals surface area contributed by atoms with Crippen molar-refractivity contribution in [3.8, 4) is 0 Å². The minimum atomic E-state index is -0.410. The standard InChI is InChI=1S/C19H21N3O3/c23-17-13-16(21-19(25)14-6-2-1-3-7-14)18(24)12-15(17)20-8-11-22-9-4-5-10-22/h1-3,6-7,12-13,20H,4-5,8-11H2,(H,21,25). The zero-order valence-electron chi connectivity index (χ0n) is 14.0. The topological polar surface area (TPSA) is 78.5 Å². The summed E-state index contributed by atoms with van der Waals surface area (Å²) < 4.78 is 0.